The van der Waals surface area contributed by atoms with E-state index >= 15 is 0 Å². The summed E-state index contributed by atoms with van der Waals surface area (Å²) < 4.78 is 11.4. The lowest BCUT2D eigenvalue weighted by Gasteiger charge is -2.20. The fraction of sp³-hybridized carbons (Fsp3) is 0.421. The topological polar surface area (TPSA) is 38.8 Å². The van der Waals surface area contributed by atoms with Crippen LogP contribution in [0.4, 0.5) is 0 Å². The van der Waals surface area contributed by atoms with Crippen molar-refractivity contribution in [2.75, 3.05) is 27.7 Å². The SMILES string of the molecule is CCc1c(CC)c(OC(=O)CN(C)C)c2ccccc2c1OC. The Kier molecular flexibility index (Phi) is 5.61. The van der Waals surface area contributed by atoms with Crippen LogP contribution in [0.3, 0.4) is 0 Å². The van der Waals surface area contributed by atoms with Crippen molar-refractivity contribution < 1.29 is 14.3 Å². The summed E-state index contributed by atoms with van der Waals surface area (Å²) in [5, 5.41) is 1.90. The lowest BCUT2D eigenvalue weighted by molar-refractivity contribution is -0.135. The van der Waals surface area contributed by atoms with Crippen LogP contribution in [0, 0.1) is 0 Å². The largest absolute Gasteiger partial charge is 0.496 e. The van der Waals surface area contributed by atoms with Crippen LogP contribution in [0.15, 0.2) is 24.3 Å². The van der Waals surface area contributed by atoms with Crippen molar-refractivity contribution in [3.8, 4) is 11.5 Å². The van der Waals surface area contributed by atoms with E-state index in [-0.39, 0.29) is 12.5 Å². The molecule has 0 aromatic heterocycles. The van der Waals surface area contributed by atoms with E-state index in [4.69, 9.17) is 9.47 Å². The molecule has 0 saturated carbocycles. The van der Waals surface area contributed by atoms with Gasteiger partial charge in [0.2, 0.25) is 0 Å². The molecule has 124 valence electrons. The monoisotopic (exact) mass is 315 g/mol. The quantitative estimate of drug-likeness (QED) is 0.604. The first-order valence-electron chi connectivity index (χ1n) is 7.99. The summed E-state index contributed by atoms with van der Waals surface area (Å²) in [5.41, 5.74) is 2.16. The van der Waals surface area contributed by atoms with Gasteiger partial charge in [0.1, 0.15) is 11.5 Å². The van der Waals surface area contributed by atoms with E-state index in [0.29, 0.717) is 5.75 Å². The van der Waals surface area contributed by atoms with Gasteiger partial charge in [-0.1, -0.05) is 38.1 Å². The maximum Gasteiger partial charge on any atom is 0.325 e. The molecule has 0 aliphatic carbocycles. The predicted molar refractivity (Wildman–Crippen MR) is 93.4 cm³/mol. The van der Waals surface area contributed by atoms with Gasteiger partial charge in [-0.2, -0.15) is 0 Å². The van der Waals surface area contributed by atoms with E-state index in [0.717, 1.165) is 40.5 Å². The van der Waals surface area contributed by atoms with E-state index in [1.807, 2.05) is 38.4 Å². The fourth-order valence-electron chi connectivity index (χ4n) is 2.98. The lowest BCUT2D eigenvalue weighted by Crippen LogP contribution is -2.26. The number of carbonyl (C=O) groups excluding carboxylic acids is 1. The van der Waals surface area contributed by atoms with Crippen LogP contribution in [0.2, 0.25) is 0 Å². The molecule has 0 amide bonds. The Bertz CT molecular complexity index is 707. The van der Waals surface area contributed by atoms with Crippen molar-refractivity contribution >= 4 is 16.7 Å². The van der Waals surface area contributed by atoms with Crippen LogP contribution in [0.25, 0.3) is 10.8 Å². The minimum absolute atomic E-state index is 0.248. The Balaban J connectivity index is 2.68. The van der Waals surface area contributed by atoms with Gasteiger partial charge in [0.25, 0.3) is 0 Å². The molecule has 2 aromatic carbocycles. The summed E-state index contributed by atoms with van der Waals surface area (Å²) in [7, 11) is 5.40. The fourth-order valence-corrected chi connectivity index (χ4v) is 2.98. The highest BCUT2D eigenvalue weighted by Crippen LogP contribution is 2.41. The zero-order valence-corrected chi connectivity index (χ0v) is 14.6. The Labute approximate surface area is 138 Å². The highest BCUT2D eigenvalue weighted by molar-refractivity contribution is 5.97. The maximum atomic E-state index is 12.2. The molecule has 0 unspecified atom stereocenters. The van der Waals surface area contributed by atoms with Crippen LogP contribution < -0.4 is 9.47 Å². The summed E-state index contributed by atoms with van der Waals surface area (Å²) in [6.07, 6.45) is 1.62. The smallest absolute Gasteiger partial charge is 0.325 e. The van der Waals surface area contributed by atoms with Crippen molar-refractivity contribution in [1.29, 1.82) is 0 Å². The van der Waals surface area contributed by atoms with Crippen LogP contribution in [-0.2, 0) is 17.6 Å². The van der Waals surface area contributed by atoms with E-state index in [1.165, 1.54) is 0 Å². The maximum absolute atomic E-state index is 12.2. The van der Waals surface area contributed by atoms with Crippen LogP contribution in [0.5, 0.6) is 11.5 Å². The van der Waals surface area contributed by atoms with Crippen LogP contribution in [0.1, 0.15) is 25.0 Å². The van der Waals surface area contributed by atoms with E-state index in [2.05, 4.69) is 13.8 Å². The van der Waals surface area contributed by atoms with Gasteiger partial charge >= 0.3 is 5.97 Å². The number of hydrogen-bond donors (Lipinski definition) is 0. The standard InChI is InChI=1S/C19H25NO3/c1-6-13-14(7-2)19(23-17(21)12-20(3)4)16-11-9-8-10-15(16)18(13)22-5/h8-11H,6-7,12H2,1-5H3. The molecule has 2 aromatic rings. The Hall–Kier alpha value is -2.07. The number of benzene rings is 2. The Morgan fingerprint density at radius 3 is 2.00 bits per heavy atom. The van der Waals surface area contributed by atoms with Gasteiger partial charge in [0.05, 0.1) is 13.7 Å². The average Bonchev–Trinajstić information content (AvgIpc) is 2.53. The first kappa shape index (κ1) is 17.3. The van der Waals surface area contributed by atoms with Gasteiger partial charge in [-0.15, -0.1) is 0 Å². The second-order valence-corrected chi connectivity index (χ2v) is 5.78. The lowest BCUT2D eigenvalue weighted by atomic mass is 9.94. The molecule has 0 radical (unpaired) electrons. The summed E-state index contributed by atoms with van der Waals surface area (Å²) >= 11 is 0. The van der Waals surface area contributed by atoms with Gasteiger partial charge in [-0.25, -0.2) is 0 Å². The summed E-state index contributed by atoms with van der Waals surface area (Å²) in [5.74, 6) is 1.31. The third kappa shape index (κ3) is 3.48. The van der Waals surface area contributed by atoms with Crippen molar-refractivity contribution in [2.45, 2.75) is 26.7 Å². The van der Waals surface area contributed by atoms with E-state index < -0.39 is 0 Å². The van der Waals surface area contributed by atoms with Gasteiger partial charge in [0.15, 0.2) is 0 Å². The number of methoxy groups -OCH3 is 1. The molecular formula is C19H25NO3. The molecule has 0 atom stereocenters. The molecule has 0 spiro atoms. The number of ether oxygens (including phenoxy) is 2. The van der Waals surface area contributed by atoms with Crippen LogP contribution in [-0.4, -0.2) is 38.6 Å². The van der Waals surface area contributed by atoms with E-state index in [1.54, 1.807) is 12.0 Å². The minimum atomic E-state index is -0.248. The molecule has 0 aliphatic rings. The molecule has 0 heterocycles. The first-order chi connectivity index (χ1) is 11.0. The van der Waals surface area contributed by atoms with Crippen molar-refractivity contribution in [1.82, 2.24) is 4.90 Å². The average molecular weight is 315 g/mol. The first-order valence-corrected chi connectivity index (χ1v) is 7.99. The normalized spacial score (nSPS) is 11.0. The summed E-state index contributed by atoms with van der Waals surface area (Å²) in [6.45, 7) is 4.42. The van der Waals surface area contributed by atoms with Gasteiger partial charge < -0.3 is 9.47 Å². The number of fused-ring (bicyclic) bond motifs is 1. The summed E-state index contributed by atoms with van der Waals surface area (Å²) in [4.78, 5) is 14.0. The van der Waals surface area contributed by atoms with Crippen molar-refractivity contribution in [3.63, 3.8) is 0 Å². The molecule has 4 nitrogen and oxygen atoms in total. The molecule has 0 aliphatic heterocycles. The third-order valence-corrected chi connectivity index (χ3v) is 3.90. The Morgan fingerprint density at radius 1 is 1.00 bits per heavy atom. The van der Waals surface area contributed by atoms with Crippen molar-refractivity contribution in [2.24, 2.45) is 0 Å². The Morgan fingerprint density at radius 2 is 1.52 bits per heavy atom. The second kappa shape index (κ2) is 7.47. The number of rotatable bonds is 6. The number of esters is 1. The molecule has 0 N–H and O–H groups in total. The highest BCUT2D eigenvalue weighted by atomic mass is 16.5. The second-order valence-electron chi connectivity index (χ2n) is 5.78. The minimum Gasteiger partial charge on any atom is -0.496 e. The van der Waals surface area contributed by atoms with Gasteiger partial charge in [0, 0.05) is 21.9 Å². The molecule has 0 fully saturated rings. The summed E-state index contributed by atoms with van der Waals surface area (Å²) in [6, 6.07) is 7.92. The number of likely N-dealkylation sites (N-methyl/N-ethyl adjacent to an activating group) is 1. The zero-order valence-electron chi connectivity index (χ0n) is 14.6. The van der Waals surface area contributed by atoms with Gasteiger partial charge in [-0.3, -0.25) is 9.69 Å². The number of carbonyl (C=O) groups is 1. The molecular weight excluding hydrogens is 290 g/mol. The number of hydrogen-bond acceptors (Lipinski definition) is 4. The molecule has 23 heavy (non-hydrogen) atoms. The highest BCUT2D eigenvalue weighted by Gasteiger charge is 2.21. The third-order valence-electron chi connectivity index (χ3n) is 3.90. The molecule has 2 rings (SSSR count). The van der Waals surface area contributed by atoms with E-state index in [9.17, 15) is 4.79 Å². The van der Waals surface area contributed by atoms with Crippen molar-refractivity contribution in [3.05, 3.63) is 35.4 Å². The molecule has 0 saturated heterocycles. The van der Waals surface area contributed by atoms with Gasteiger partial charge in [-0.05, 0) is 26.9 Å². The zero-order chi connectivity index (χ0) is 17.0. The number of nitrogens with zero attached hydrogens (tertiary/aromatic N) is 1. The van der Waals surface area contributed by atoms with Crippen LogP contribution >= 0.6 is 0 Å². The molecule has 0 bridgehead atoms. The predicted octanol–water partition coefficient (Wildman–Crippen LogP) is 3.44. The molecule has 4 heteroatoms.